The molecule has 1 aliphatic heterocycles. The fraction of sp³-hybridized carbons (Fsp3) is 0.533. The molecule has 1 aromatic carbocycles. The van der Waals surface area contributed by atoms with E-state index in [0.717, 1.165) is 32.4 Å². The van der Waals surface area contributed by atoms with Crippen molar-refractivity contribution in [3.05, 3.63) is 29.6 Å². The molecule has 1 aromatic rings. The Morgan fingerprint density at radius 2 is 2.05 bits per heavy atom. The van der Waals surface area contributed by atoms with Gasteiger partial charge >= 0.3 is 0 Å². The summed E-state index contributed by atoms with van der Waals surface area (Å²) in [5, 5.41) is 0. The lowest BCUT2D eigenvalue weighted by Gasteiger charge is -2.23. The molecule has 0 spiro atoms. The van der Waals surface area contributed by atoms with Gasteiger partial charge in [0.15, 0.2) is 0 Å². The van der Waals surface area contributed by atoms with Crippen molar-refractivity contribution in [2.24, 2.45) is 5.41 Å². The third-order valence-electron chi connectivity index (χ3n) is 3.87. The molecule has 19 heavy (non-hydrogen) atoms. The Morgan fingerprint density at radius 1 is 1.32 bits per heavy atom. The van der Waals surface area contributed by atoms with Gasteiger partial charge in [0.1, 0.15) is 5.82 Å². The van der Waals surface area contributed by atoms with Gasteiger partial charge in [0, 0.05) is 18.7 Å². The molecule has 0 saturated carbocycles. The van der Waals surface area contributed by atoms with Crippen LogP contribution in [-0.2, 0) is 0 Å². The summed E-state index contributed by atoms with van der Waals surface area (Å²) in [4.78, 5) is 14.2. The summed E-state index contributed by atoms with van der Waals surface area (Å²) in [6, 6.07) is 4.18. The third-order valence-corrected chi connectivity index (χ3v) is 3.87. The van der Waals surface area contributed by atoms with Gasteiger partial charge in [0.2, 0.25) is 0 Å². The lowest BCUT2D eigenvalue weighted by molar-refractivity contribution is 0.0757. The van der Waals surface area contributed by atoms with Crippen LogP contribution >= 0.6 is 0 Å². The van der Waals surface area contributed by atoms with Crippen LogP contribution in [0.2, 0.25) is 0 Å². The summed E-state index contributed by atoms with van der Waals surface area (Å²) in [6.45, 7) is 5.98. The van der Waals surface area contributed by atoms with Gasteiger partial charge in [-0.15, -0.1) is 0 Å². The van der Waals surface area contributed by atoms with E-state index in [4.69, 9.17) is 5.73 Å². The van der Waals surface area contributed by atoms with Crippen LogP contribution < -0.4 is 5.73 Å². The zero-order valence-corrected chi connectivity index (χ0v) is 11.6. The third kappa shape index (κ3) is 3.25. The smallest absolute Gasteiger partial charge is 0.253 e. The van der Waals surface area contributed by atoms with E-state index in [9.17, 15) is 9.18 Å². The second-order valence-electron chi connectivity index (χ2n) is 6.05. The minimum absolute atomic E-state index is 0.0287. The van der Waals surface area contributed by atoms with Gasteiger partial charge in [-0.25, -0.2) is 4.39 Å². The van der Waals surface area contributed by atoms with Crippen molar-refractivity contribution in [3.63, 3.8) is 0 Å². The largest absolute Gasteiger partial charge is 0.396 e. The summed E-state index contributed by atoms with van der Waals surface area (Å²) >= 11 is 0. The van der Waals surface area contributed by atoms with E-state index in [1.165, 1.54) is 18.2 Å². The lowest BCUT2D eigenvalue weighted by atomic mass is 9.85. The molecule has 2 rings (SSSR count). The molecule has 1 amide bonds. The summed E-state index contributed by atoms with van der Waals surface area (Å²) in [6.07, 6.45) is 3.13. The van der Waals surface area contributed by atoms with Crippen molar-refractivity contribution < 1.29 is 9.18 Å². The highest BCUT2D eigenvalue weighted by atomic mass is 19.1. The number of nitrogens with zero attached hydrogens (tertiary/aromatic N) is 1. The molecular formula is C15H21FN2O. The molecule has 0 aliphatic carbocycles. The van der Waals surface area contributed by atoms with Crippen LogP contribution in [0.3, 0.4) is 0 Å². The van der Waals surface area contributed by atoms with Gasteiger partial charge in [0.25, 0.3) is 5.91 Å². The van der Waals surface area contributed by atoms with Crippen LogP contribution in [0.4, 0.5) is 10.1 Å². The molecule has 4 heteroatoms. The first kappa shape index (κ1) is 13.8. The lowest BCUT2D eigenvalue weighted by Crippen LogP contribution is -2.32. The summed E-state index contributed by atoms with van der Waals surface area (Å²) in [7, 11) is 0. The quantitative estimate of drug-likeness (QED) is 0.792. The average Bonchev–Trinajstić information content (AvgIpc) is 2.53. The van der Waals surface area contributed by atoms with E-state index >= 15 is 0 Å². The van der Waals surface area contributed by atoms with Crippen LogP contribution in [0.15, 0.2) is 18.2 Å². The van der Waals surface area contributed by atoms with Crippen LogP contribution in [0, 0.1) is 11.2 Å². The van der Waals surface area contributed by atoms with Gasteiger partial charge in [-0.1, -0.05) is 13.8 Å². The normalized spacial score (nSPS) is 19.0. The van der Waals surface area contributed by atoms with Crippen molar-refractivity contribution in [3.8, 4) is 0 Å². The second-order valence-corrected chi connectivity index (χ2v) is 6.05. The van der Waals surface area contributed by atoms with Crippen LogP contribution in [0.25, 0.3) is 0 Å². The first-order valence-corrected chi connectivity index (χ1v) is 6.73. The molecule has 0 unspecified atom stereocenters. The Balaban J connectivity index is 2.13. The van der Waals surface area contributed by atoms with E-state index in [1.54, 1.807) is 0 Å². The number of likely N-dealkylation sites (tertiary alicyclic amines) is 1. The molecule has 0 bridgehead atoms. The predicted molar refractivity (Wildman–Crippen MR) is 74.3 cm³/mol. The molecule has 2 N–H and O–H groups in total. The fourth-order valence-electron chi connectivity index (χ4n) is 2.49. The molecule has 1 fully saturated rings. The Hall–Kier alpha value is -1.58. The number of hydrogen-bond donors (Lipinski definition) is 1. The monoisotopic (exact) mass is 264 g/mol. The number of rotatable bonds is 1. The molecular weight excluding hydrogens is 243 g/mol. The molecule has 1 saturated heterocycles. The van der Waals surface area contributed by atoms with Crippen molar-refractivity contribution in [1.82, 2.24) is 4.90 Å². The maximum atomic E-state index is 13.1. The maximum absolute atomic E-state index is 13.1. The maximum Gasteiger partial charge on any atom is 0.253 e. The minimum atomic E-state index is -0.478. The molecule has 0 aromatic heterocycles. The van der Waals surface area contributed by atoms with Crippen LogP contribution in [0.5, 0.6) is 0 Å². The Bertz CT molecular complexity index is 485. The zero-order chi connectivity index (χ0) is 14.0. The summed E-state index contributed by atoms with van der Waals surface area (Å²) < 4.78 is 13.1. The fourth-order valence-corrected chi connectivity index (χ4v) is 2.49. The highest BCUT2D eigenvalue weighted by molar-refractivity contribution is 5.95. The van der Waals surface area contributed by atoms with E-state index in [0.29, 0.717) is 5.56 Å². The van der Waals surface area contributed by atoms with Crippen LogP contribution in [-0.4, -0.2) is 23.9 Å². The van der Waals surface area contributed by atoms with Gasteiger partial charge in [-0.05, 0) is 42.9 Å². The van der Waals surface area contributed by atoms with E-state index in [2.05, 4.69) is 13.8 Å². The number of nitrogen functional groups attached to an aromatic ring is 1. The van der Waals surface area contributed by atoms with Crippen molar-refractivity contribution in [2.75, 3.05) is 18.8 Å². The molecule has 1 heterocycles. The zero-order valence-electron chi connectivity index (χ0n) is 11.6. The second kappa shape index (κ2) is 5.19. The first-order valence-electron chi connectivity index (χ1n) is 6.73. The Kier molecular flexibility index (Phi) is 3.78. The average molecular weight is 264 g/mol. The highest BCUT2D eigenvalue weighted by Gasteiger charge is 2.26. The summed E-state index contributed by atoms with van der Waals surface area (Å²) in [5.74, 6) is -0.530. The molecule has 1 aliphatic rings. The SMILES string of the molecule is CC1(C)CCCN(C(=O)c2ccc(F)c(N)c2)CC1. The van der Waals surface area contributed by atoms with Gasteiger partial charge in [0.05, 0.1) is 5.69 Å². The number of hydrogen-bond acceptors (Lipinski definition) is 2. The molecule has 0 radical (unpaired) electrons. The topological polar surface area (TPSA) is 46.3 Å². The highest BCUT2D eigenvalue weighted by Crippen LogP contribution is 2.30. The van der Waals surface area contributed by atoms with Crippen LogP contribution in [0.1, 0.15) is 43.5 Å². The van der Waals surface area contributed by atoms with Gasteiger partial charge in [-0.2, -0.15) is 0 Å². The van der Waals surface area contributed by atoms with Crippen molar-refractivity contribution in [2.45, 2.75) is 33.1 Å². The predicted octanol–water partition coefficient (Wildman–Crippen LogP) is 3.06. The standard InChI is InChI=1S/C15H21FN2O/c1-15(2)6-3-8-18(9-7-15)14(19)11-4-5-12(16)13(17)10-11/h4-5,10H,3,6-9,17H2,1-2H3. The van der Waals surface area contributed by atoms with E-state index in [1.807, 2.05) is 4.90 Å². The van der Waals surface area contributed by atoms with Crippen molar-refractivity contribution in [1.29, 1.82) is 0 Å². The number of nitrogens with two attached hydrogens (primary N) is 1. The van der Waals surface area contributed by atoms with E-state index in [-0.39, 0.29) is 17.0 Å². The summed E-state index contributed by atoms with van der Waals surface area (Å²) in [5.41, 5.74) is 6.30. The Labute approximate surface area is 113 Å². The number of carbonyl (C=O) groups excluding carboxylic acids is 1. The number of halogens is 1. The van der Waals surface area contributed by atoms with Gasteiger partial charge < -0.3 is 10.6 Å². The van der Waals surface area contributed by atoms with E-state index < -0.39 is 5.82 Å². The first-order chi connectivity index (χ1) is 8.89. The molecule has 3 nitrogen and oxygen atoms in total. The number of carbonyl (C=O) groups is 1. The van der Waals surface area contributed by atoms with Crippen molar-refractivity contribution >= 4 is 11.6 Å². The Morgan fingerprint density at radius 3 is 2.74 bits per heavy atom. The molecule has 104 valence electrons. The minimum Gasteiger partial charge on any atom is -0.396 e. The molecule has 0 atom stereocenters. The number of amides is 1. The van der Waals surface area contributed by atoms with Gasteiger partial charge in [-0.3, -0.25) is 4.79 Å². The number of benzene rings is 1. The number of anilines is 1.